The molecule has 100 valence electrons. The van der Waals surface area contributed by atoms with Crippen LogP contribution in [0.3, 0.4) is 0 Å². The Balaban J connectivity index is 2.17. The first kappa shape index (κ1) is 13.4. The van der Waals surface area contributed by atoms with Gasteiger partial charge in [0.15, 0.2) is 0 Å². The maximum atomic E-state index is 6.06. The van der Waals surface area contributed by atoms with Crippen LogP contribution in [-0.4, -0.2) is 34.5 Å². The van der Waals surface area contributed by atoms with Gasteiger partial charge >= 0.3 is 0 Å². The van der Waals surface area contributed by atoms with Crippen LogP contribution in [0.1, 0.15) is 27.2 Å². The zero-order valence-corrected chi connectivity index (χ0v) is 11.9. The van der Waals surface area contributed by atoms with Crippen LogP contribution in [0.4, 0.5) is 5.82 Å². The molecule has 2 rings (SSSR count). The summed E-state index contributed by atoms with van der Waals surface area (Å²) in [5.41, 5.74) is 0. The number of alkyl halides is 1. The van der Waals surface area contributed by atoms with E-state index in [1.54, 1.807) is 6.33 Å². The van der Waals surface area contributed by atoms with Crippen LogP contribution in [0.25, 0.3) is 0 Å². The van der Waals surface area contributed by atoms with E-state index in [9.17, 15) is 0 Å². The van der Waals surface area contributed by atoms with Gasteiger partial charge in [-0.05, 0) is 26.2 Å². The van der Waals surface area contributed by atoms with Crippen molar-refractivity contribution in [1.29, 1.82) is 0 Å². The Hall–Kier alpha value is -1.03. The lowest BCUT2D eigenvalue weighted by atomic mass is 10.1. The third-order valence-corrected chi connectivity index (χ3v) is 3.64. The molecule has 2 heterocycles. The van der Waals surface area contributed by atoms with Crippen molar-refractivity contribution in [3.8, 4) is 5.88 Å². The normalized spacial score (nSPS) is 23.7. The lowest BCUT2D eigenvalue weighted by Gasteiger charge is -2.26. The topological polar surface area (TPSA) is 38.2 Å². The predicted octanol–water partition coefficient (Wildman–Crippen LogP) is 2.72. The van der Waals surface area contributed by atoms with E-state index in [4.69, 9.17) is 16.3 Å². The maximum absolute atomic E-state index is 6.06. The average Bonchev–Trinajstić information content (AvgIpc) is 2.70. The van der Waals surface area contributed by atoms with Crippen molar-refractivity contribution < 1.29 is 4.74 Å². The van der Waals surface area contributed by atoms with E-state index in [1.165, 1.54) is 0 Å². The molecule has 0 aromatic carbocycles. The van der Waals surface area contributed by atoms with Gasteiger partial charge in [-0.25, -0.2) is 9.97 Å². The number of anilines is 1. The summed E-state index contributed by atoms with van der Waals surface area (Å²) in [4.78, 5) is 10.7. The molecule has 2 atom stereocenters. The number of hydrogen-bond acceptors (Lipinski definition) is 4. The number of ether oxygens (including phenoxy) is 1. The van der Waals surface area contributed by atoms with Crippen molar-refractivity contribution in [2.45, 2.75) is 39.3 Å². The standard InChI is InChI=1S/C13H20ClN3O/c1-9(2)18-13-6-12(15-8-16-13)17-5-4-10(3)11(17)7-14/h6,8-11H,4-5,7H2,1-3H3. The van der Waals surface area contributed by atoms with E-state index in [1.807, 2.05) is 19.9 Å². The second-order valence-corrected chi connectivity index (χ2v) is 5.37. The Morgan fingerprint density at radius 1 is 1.50 bits per heavy atom. The third kappa shape index (κ3) is 2.86. The fraction of sp³-hybridized carbons (Fsp3) is 0.692. The van der Waals surface area contributed by atoms with Crippen LogP contribution in [0.15, 0.2) is 12.4 Å². The van der Waals surface area contributed by atoms with Crippen molar-refractivity contribution in [2.75, 3.05) is 17.3 Å². The van der Waals surface area contributed by atoms with Gasteiger partial charge in [-0.1, -0.05) is 6.92 Å². The van der Waals surface area contributed by atoms with Gasteiger partial charge in [-0.2, -0.15) is 0 Å². The summed E-state index contributed by atoms with van der Waals surface area (Å²) in [5, 5.41) is 0. The highest BCUT2D eigenvalue weighted by Gasteiger charge is 2.31. The van der Waals surface area contributed by atoms with Crippen LogP contribution in [-0.2, 0) is 0 Å². The number of nitrogens with zero attached hydrogens (tertiary/aromatic N) is 3. The Labute approximate surface area is 113 Å². The monoisotopic (exact) mass is 269 g/mol. The lowest BCUT2D eigenvalue weighted by Crippen LogP contribution is -2.34. The Bertz CT molecular complexity index is 400. The molecule has 5 heteroatoms. The van der Waals surface area contributed by atoms with Crippen LogP contribution >= 0.6 is 11.6 Å². The van der Waals surface area contributed by atoms with E-state index in [2.05, 4.69) is 21.8 Å². The predicted molar refractivity (Wildman–Crippen MR) is 73.4 cm³/mol. The fourth-order valence-corrected chi connectivity index (χ4v) is 2.79. The van der Waals surface area contributed by atoms with Gasteiger partial charge in [0.1, 0.15) is 12.1 Å². The first-order valence-electron chi connectivity index (χ1n) is 6.43. The molecule has 1 fully saturated rings. The highest BCUT2D eigenvalue weighted by atomic mass is 35.5. The van der Waals surface area contributed by atoms with E-state index in [0.29, 0.717) is 23.7 Å². The summed E-state index contributed by atoms with van der Waals surface area (Å²) in [5.74, 6) is 2.77. The van der Waals surface area contributed by atoms with Crippen molar-refractivity contribution in [1.82, 2.24) is 9.97 Å². The molecule has 1 aliphatic rings. The van der Waals surface area contributed by atoms with Gasteiger partial charge < -0.3 is 9.64 Å². The van der Waals surface area contributed by atoms with Crippen LogP contribution in [0.2, 0.25) is 0 Å². The average molecular weight is 270 g/mol. The number of halogens is 1. The molecule has 4 nitrogen and oxygen atoms in total. The van der Waals surface area contributed by atoms with Gasteiger partial charge in [0.25, 0.3) is 0 Å². The van der Waals surface area contributed by atoms with Crippen LogP contribution in [0.5, 0.6) is 5.88 Å². The molecule has 0 amide bonds. The van der Waals surface area contributed by atoms with Crippen molar-refractivity contribution >= 4 is 17.4 Å². The number of rotatable bonds is 4. The molecule has 2 unspecified atom stereocenters. The van der Waals surface area contributed by atoms with Crippen molar-refractivity contribution in [2.24, 2.45) is 5.92 Å². The molecule has 1 aliphatic heterocycles. The first-order chi connectivity index (χ1) is 8.61. The Kier molecular flexibility index (Phi) is 4.27. The molecular weight excluding hydrogens is 250 g/mol. The molecule has 0 spiro atoms. The van der Waals surface area contributed by atoms with Crippen LogP contribution in [0, 0.1) is 5.92 Å². The summed E-state index contributed by atoms with van der Waals surface area (Å²) in [6, 6.07) is 2.26. The van der Waals surface area contributed by atoms with E-state index >= 15 is 0 Å². The molecule has 0 bridgehead atoms. The summed E-state index contributed by atoms with van der Waals surface area (Å²) < 4.78 is 5.60. The quantitative estimate of drug-likeness (QED) is 0.788. The van der Waals surface area contributed by atoms with Gasteiger partial charge in [-0.15, -0.1) is 11.6 Å². The SMILES string of the molecule is CC(C)Oc1cc(N2CCC(C)C2CCl)ncn1. The van der Waals surface area contributed by atoms with Gasteiger partial charge in [0.2, 0.25) is 5.88 Å². The molecule has 1 aromatic heterocycles. The highest BCUT2D eigenvalue weighted by molar-refractivity contribution is 6.18. The van der Waals surface area contributed by atoms with Crippen molar-refractivity contribution in [3.63, 3.8) is 0 Å². The molecular formula is C13H20ClN3O. The molecule has 1 saturated heterocycles. The van der Waals surface area contributed by atoms with Gasteiger partial charge in [0.05, 0.1) is 6.10 Å². The summed E-state index contributed by atoms with van der Waals surface area (Å²) in [7, 11) is 0. The number of hydrogen-bond donors (Lipinski definition) is 0. The summed E-state index contributed by atoms with van der Waals surface area (Å²) in [6.45, 7) is 7.21. The molecule has 0 aliphatic carbocycles. The fourth-order valence-electron chi connectivity index (χ4n) is 2.32. The largest absolute Gasteiger partial charge is 0.475 e. The van der Waals surface area contributed by atoms with Gasteiger partial charge in [-0.3, -0.25) is 0 Å². The third-order valence-electron chi connectivity index (χ3n) is 3.32. The smallest absolute Gasteiger partial charge is 0.218 e. The van der Waals surface area contributed by atoms with E-state index in [0.717, 1.165) is 18.8 Å². The second-order valence-electron chi connectivity index (χ2n) is 5.06. The zero-order chi connectivity index (χ0) is 13.1. The second kappa shape index (κ2) is 5.74. The van der Waals surface area contributed by atoms with Crippen molar-refractivity contribution in [3.05, 3.63) is 12.4 Å². The molecule has 0 radical (unpaired) electrons. The number of aromatic nitrogens is 2. The Morgan fingerprint density at radius 3 is 2.94 bits per heavy atom. The highest BCUT2D eigenvalue weighted by Crippen LogP contribution is 2.30. The summed E-state index contributed by atoms with van der Waals surface area (Å²) >= 11 is 6.06. The minimum absolute atomic E-state index is 0.120. The maximum Gasteiger partial charge on any atom is 0.218 e. The lowest BCUT2D eigenvalue weighted by molar-refractivity contribution is 0.232. The minimum Gasteiger partial charge on any atom is -0.475 e. The van der Waals surface area contributed by atoms with Crippen LogP contribution < -0.4 is 9.64 Å². The van der Waals surface area contributed by atoms with E-state index in [-0.39, 0.29) is 6.10 Å². The van der Waals surface area contributed by atoms with Gasteiger partial charge in [0, 0.05) is 24.5 Å². The summed E-state index contributed by atoms with van der Waals surface area (Å²) in [6.07, 6.45) is 2.83. The minimum atomic E-state index is 0.120. The van der Waals surface area contributed by atoms with E-state index < -0.39 is 0 Å². The zero-order valence-electron chi connectivity index (χ0n) is 11.1. The molecule has 1 aromatic rings. The molecule has 18 heavy (non-hydrogen) atoms. The molecule has 0 N–H and O–H groups in total. The molecule has 0 saturated carbocycles. The first-order valence-corrected chi connectivity index (χ1v) is 6.96. The Morgan fingerprint density at radius 2 is 2.28 bits per heavy atom.